The van der Waals surface area contributed by atoms with Crippen LogP contribution in [0.25, 0.3) is 16.9 Å². The van der Waals surface area contributed by atoms with Crippen molar-refractivity contribution in [2.24, 2.45) is 0 Å². The number of nitrogens with zero attached hydrogens (tertiary/aromatic N) is 6. The highest BCUT2D eigenvalue weighted by Gasteiger charge is 2.22. The summed E-state index contributed by atoms with van der Waals surface area (Å²) in [5.74, 6) is -0.521. The van der Waals surface area contributed by atoms with Crippen LogP contribution in [0.3, 0.4) is 0 Å². The number of likely N-dealkylation sites (N-methyl/N-ethyl adjacent to an activating group) is 1. The van der Waals surface area contributed by atoms with Crippen molar-refractivity contribution in [1.82, 2.24) is 29.3 Å². The largest absolute Gasteiger partial charge is 0.460 e. The van der Waals surface area contributed by atoms with Crippen molar-refractivity contribution in [1.29, 1.82) is 0 Å². The van der Waals surface area contributed by atoms with E-state index in [1.54, 1.807) is 44.7 Å². The van der Waals surface area contributed by atoms with Gasteiger partial charge in [-0.25, -0.2) is 13.9 Å². The summed E-state index contributed by atoms with van der Waals surface area (Å²) in [4.78, 5) is 31.0. The van der Waals surface area contributed by atoms with Gasteiger partial charge in [-0.05, 0) is 24.3 Å². The molecule has 10 nitrogen and oxygen atoms in total. The first-order valence-electron chi connectivity index (χ1n) is 10.2. The standard InChI is InChI=1S/C22H21ClFN7O3/c1-13(24)34-18-6-5-14(23)9-15(18)20-17(11-30(28-20)12-19(32)29(2)3)27-22(33)16-10-26-31-8-4-7-25-21(16)31/h4-11,13H,12H2,1-3H3,(H,27,33). The summed E-state index contributed by atoms with van der Waals surface area (Å²) < 4.78 is 21.8. The van der Waals surface area contributed by atoms with Crippen LogP contribution in [0.2, 0.25) is 5.02 Å². The summed E-state index contributed by atoms with van der Waals surface area (Å²) in [6, 6.07) is 6.31. The van der Waals surface area contributed by atoms with Crippen LogP contribution >= 0.6 is 11.6 Å². The Labute approximate surface area is 198 Å². The number of nitrogens with one attached hydrogen (secondary N) is 1. The topological polar surface area (TPSA) is 107 Å². The maximum atomic E-state index is 13.7. The summed E-state index contributed by atoms with van der Waals surface area (Å²) in [7, 11) is 3.25. The molecular formula is C22H21ClFN7O3. The van der Waals surface area contributed by atoms with Gasteiger partial charge in [0.2, 0.25) is 12.3 Å². The van der Waals surface area contributed by atoms with Gasteiger partial charge in [-0.3, -0.25) is 14.3 Å². The van der Waals surface area contributed by atoms with E-state index in [9.17, 15) is 14.0 Å². The lowest BCUT2D eigenvalue weighted by molar-refractivity contribution is -0.129. The molecule has 0 saturated carbocycles. The number of benzene rings is 1. The predicted octanol–water partition coefficient (Wildman–Crippen LogP) is 3.28. The van der Waals surface area contributed by atoms with Gasteiger partial charge in [-0.15, -0.1) is 0 Å². The van der Waals surface area contributed by atoms with Crippen LogP contribution in [0, 0.1) is 0 Å². The first kappa shape index (κ1) is 23.2. The fourth-order valence-electron chi connectivity index (χ4n) is 3.21. The normalized spacial score (nSPS) is 11.9. The molecule has 0 aliphatic heterocycles. The highest BCUT2D eigenvalue weighted by Crippen LogP contribution is 2.37. The number of rotatable bonds is 7. The first-order chi connectivity index (χ1) is 16.2. The highest BCUT2D eigenvalue weighted by atomic mass is 35.5. The average molecular weight is 486 g/mol. The van der Waals surface area contributed by atoms with Crippen LogP contribution in [-0.2, 0) is 11.3 Å². The fourth-order valence-corrected chi connectivity index (χ4v) is 3.39. The summed E-state index contributed by atoms with van der Waals surface area (Å²) in [6.07, 6.45) is 4.54. The third kappa shape index (κ3) is 4.84. The molecule has 0 fully saturated rings. The Morgan fingerprint density at radius 2 is 2.12 bits per heavy atom. The maximum absolute atomic E-state index is 13.7. The van der Waals surface area contributed by atoms with E-state index in [1.165, 1.54) is 39.5 Å². The minimum absolute atomic E-state index is 0.0790. The molecule has 1 unspecified atom stereocenters. The Bertz CT molecular complexity index is 1370. The second kappa shape index (κ2) is 9.48. The van der Waals surface area contributed by atoms with Crippen molar-refractivity contribution in [2.45, 2.75) is 19.8 Å². The number of halogens is 2. The third-order valence-corrected chi connectivity index (χ3v) is 5.05. The molecule has 3 aromatic heterocycles. The van der Waals surface area contributed by atoms with Gasteiger partial charge >= 0.3 is 0 Å². The number of ether oxygens (including phenoxy) is 1. The molecule has 0 radical (unpaired) electrons. The Hall–Kier alpha value is -3.99. The maximum Gasteiger partial charge on any atom is 0.261 e. The molecule has 0 spiro atoms. The fraction of sp³-hybridized carbons (Fsp3) is 0.227. The molecule has 1 N–H and O–H groups in total. The molecule has 176 valence electrons. The lowest BCUT2D eigenvalue weighted by Crippen LogP contribution is -2.26. The molecule has 4 aromatic rings. The van der Waals surface area contributed by atoms with Gasteiger partial charge in [-0.2, -0.15) is 10.2 Å². The molecule has 1 atom stereocenters. The van der Waals surface area contributed by atoms with Crippen molar-refractivity contribution < 1.29 is 18.7 Å². The van der Waals surface area contributed by atoms with Crippen LogP contribution < -0.4 is 10.1 Å². The van der Waals surface area contributed by atoms with Gasteiger partial charge in [0.1, 0.15) is 23.6 Å². The van der Waals surface area contributed by atoms with E-state index in [2.05, 4.69) is 20.5 Å². The van der Waals surface area contributed by atoms with E-state index >= 15 is 0 Å². The molecule has 0 aliphatic rings. The smallest absolute Gasteiger partial charge is 0.261 e. The van der Waals surface area contributed by atoms with Crippen LogP contribution in [0.1, 0.15) is 17.3 Å². The summed E-state index contributed by atoms with van der Waals surface area (Å²) >= 11 is 6.19. The molecule has 12 heteroatoms. The van der Waals surface area contributed by atoms with Crippen LogP contribution in [-0.4, -0.2) is 61.5 Å². The Morgan fingerprint density at radius 3 is 2.85 bits per heavy atom. The predicted molar refractivity (Wildman–Crippen MR) is 124 cm³/mol. The zero-order valence-corrected chi connectivity index (χ0v) is 19.3. The number of alkyl halides is 1. The quantitative estimate of drug-likeness (QED) is 0.430. The Kier molecular flexibility index (Phi) is 6.46. The van der Waals surface area contributed by atoms with Crippen molar-refractivity contribution in [3.63, 3.8) is 0 Å². The van der Waals surface area contributed by atoms with Crippen LogP contribution in [0.5, 0.6) is 5.75 Å². The third-order valence-electron chi connectivity index (χ3n) is 4.82. The van der Waals surface area contributed by atoms with Gasteiger partial charge < -0.3 is 15.0 Å². The molecule has 4 rings (SSSR count). The van der Waals surface area contributed by atoms with Gasteiger partial charge in [0.05, 0.1) is 11.9 Å². The molecule has 2 amide bonds. The van der Waals surface area contributed by atoms with Crippen LogP contribution in [0.4, 0.5) is 10.1 Å². The molecular weight excluding hydrogens is 465 g/mol. The number of amides is 2. The number of aromatic nitrogens is 5. The van der Waals surface area contributed by atoms with Crippen molar-refractivity contribution >= 4 is 34.7 Å². The number of hydrogen-bond donors (Lipinski definition) is 1. The lowest BCUT2D eigenvalue weighted by Gasteiger charge is -2.13. The number of anilines is 1. The summed E-state index contributed by atoms with van der Waals surface area (Å²) in [5, 5.41) is 11.7. The van der Waals surface area contributed by atoms with E-state index in [0.717, 1.165) is 0 Å². The highest BCUT2D eigenvalue weighted by molar-refractivity contribution is 6.31. The van der Waals surface area contributed by atoms with E-state index in [-0.39, 0.29) is 35.1 Å². The Balaban J connectivity index is 1.77. The number of carbonyl (C=O) groups excluding carboxylic acids is 2. The average Bonchev–Trinajstić information content (AvgIpc) is 3.38. The van der Waals surface area contributed by atoms with E-state index in [1.807, 2.05) is 0 Å². The van der Waals surface area contributed by atoms with E-state index in [0.29, 0.717) is 16.2 Å². The SMILES string of the molecule is CC(F)Oc1ccc(Cl)cc1-c1nn(CC(=O)N(C)C)cc1NC(=O)c1cnn2cccnc12. The van der Waals surface area contributed by atoms with Gasteiger partial charge in [0.15, 0.2) is 5.65 Å². The minimum atomic E-state index is -1.60. The number of fused-ring (bicyclic) bond motifs is 1. The monoisotopic (exact) mass is 485 g/mol. The van der Waals surface area contributed by atoms with E-state index in [4.69, 9.17) is 16.3 Å². The van der Waals surface area contributed by atoms with Gasteiger partial charge in [0, 0.05) is 50.2 Å². The van der Waals surface area contributed by atoms with Crippen molar-refractivity contribution in [3.05, 3.63) is 59.6 Å². The lowest BCUT2D eigenvalue weighted by atomic mass is 10.1. The van der Waals surface area contributed by atoms with Crippen molar-refractivity contribution in [2.75, 3.05) is 19.4 Å². The number of hydrogen-bond acceptors (Lipinski definition) is 6. The van der Waals surface area contributed by atoms with Gasteiger partial charge in [-0.1, -0.05) is 11.6 Å². The molecule has 1 aromatic carbocycles. The second-order valence-corrected chi connectivity index (χ2v) is 8.02. The molecule has 0 saturated heterocycles. The molecule has 3 heterocycles. The van der Waals surface area contributed by atoms with Crippen molar-refractivity contribution in [3.8, 4) is 17.0 Å². The first-order valence-corrected chi connectivity index (χ1v) is 10.6. The summed E-state index contributed by atoms with van der Waals surface area (Å²) in [5.41, 5.74) is 1.48. The zero-order chi connectivity index (χ0) is 24.4. The summed E-state index contributed by atoms with van der Waals surface area (Å²) in [6.45, 7) is 1.16. The number of carbonyl (C=O) groups is 2. The zero-order valence-electron chi connectivity index (χ0n) is 18.6. The minimum Gasteiger partial charge on any atom is -0.460 e. The van der Waals surface area contributed by atoms with E-state index < -0.39 is 12.3 Å². The second-order valence-electron chi connectivity index (χ2n) is 7.58. The van der Waals surface area contributed by atoms with Gasteiger partial charge in [0.25, 0.3) is 5.91 Å². The Morgan fingerprint density at radius 1 is 1.32 bits per heavy atom. The molecule has 0 aliphatic carbocycles. The molecule has 0 bridgehead atoms. The molecule has 34 heavy (non-hydrogen) atoms. The van der Waals surface area contributed by atoms with Crippen LogP contribution in [0.15, 0.2) is 49.1 Å².